The minimum Gasteiger partial charge on any atom is -0.335 e. The highest BCUT2D eigenvalue weighted by atomic mass is 35.5. The summed E-state index contributed by atoms with van der Waals surface area (Å²) in [6.45, 7) is 1.32. The molecule has 1 aliphatic carbocycles. The molecule has 1 aliphatic rings. The number of carbonyl (C=O) groups excluding carboxylic acids is 2. The Morgan fingerprint density at radius 1 is 1.23 bits per heavy atom. The lowest BCUT2D eigenvalue weighted by atomic mass is 10.1. The molecule has 2 rings (SSSR count). The molecular formula is C14H17ClN2O4S. The molecule has 1 fully saturated rings. The lowest BCUT2D eigenvalue weighted by molar-refractivity contribution is 0.101. The van der Waals surface area contributed by atoms with Crippen LogP contribution in [0.25, 0.3) is 0 Å². The van der Waals surface area contributed by atoms with Crippen LogP contribution in [0.5, 0.6) is 0 Å². The fourth-order valence-electron chi connectivity index (χ4n) is 2.39. The molecule has 0 heterocycles. The largest absolute Gasteiger partial charge is 0.335 e. The van der Waals surface area contributed by atoms with Gasteiger partial charge in [-0.15, -0.1) is 0 Å². The van der Waals surface area contributed by atoms with Crippen LogP contribution in [0.1, 0.15) is 43.0 Å². The summed E-state index contributed by atoms with van der Waals surface area (Å²) in [4.78, 5) is 22.9. The number of hydrogen-bond donors (Lipinski definition) is 2. The molecule has 22 heavy (non-hydrogen) atoms. The van der Waals surface area contributed by atoms with Crippen LogP contribution in [0.4, 0.5) is 4.79 Å². The Bertz CT molecular complexity index is 697. The zero-order chi connectivity index (χ0) is 16.3. The van der Waals surface area contributed by atoms with Gasteiger partial charge in [-0.3, -0.25) is 4.79 Å². The first-order valence-electron chi connectivity index (χ1n) is 6.93. The van der Waals surface area contributed by atoms with E-state index in [1.165, 1.54) is 19.1 Å². The van der Waals surface area contributed by atoms with Crippen molar-refractivity contribution in [3.05, 3.63) is 28.8 Å². The van der Waals surface area contributed by atoms with Gasteiger partial charge in [-0.05, 0) is 38.0 Å². The van der Waals surface area contributed by atoms with Crippen LogP contribution in [0, 0.1) is 0 Å². The third kappa shape index (κ3) is 3.98. The second kappa shape index (κ2) is 6.66. The Morgan fingerprint density at radius 3 is 2.45 bits per heavy atom. The lowest BCUT2D eigenvalue weighted by Crippen LogP contribution is -2.43. The Balaban J connectivity index is 2.17. The number of rotatable bonds is 4. The van der Waals surface area contributed by atoms with Crippen molar-refractivity contribution in [2.24, 2.45) is 0 Å². The molecule has 6 nitrogen and oxygen atoms in total. The van der Waals surface area contributed by atoms with Gasteiger partial charge in [0.1, 0.15) is 4.90 Å². The standard InChI is InChI=1S/C14H17ClN2O4S/c1-9(18)10-6-7-12(15)13(8-10)22(20,21)17-14(19)16-11-4-2-3-5-11/h6-8,11H,2-5H2,1H3,(H2,16,17,19). The Kier molecular flexibility index (Phi) is 5.08. The van der Waals surface area contributed by atoms with E-state index in [1.807, 2.05) is 4.72 Å². The maximum Gasteiger partial charge on any atom is 0.328 e. The molecule has 1 saturated carbocycles. The molecule has 2 amide bonds. The van der Waals surface area contributed by atoms with Crippen LogP contribution in [-0.4, -0.2) is 26.3 Å². The van der Waals surface area contributed by atoms with E-state index >= 15 is 0 Å². The molecule has 1 aromatic rings. The Hall–Kier alpha value is -1.60. The first-order valence-corrected chi connectivity index (χ1v) is 8.79. The van der Waals surface area contributed by atoms with Crippen LogP contribution in [0.3, 0.4) is 0 Å². The molecular weight excluding hydrogens is 328 g/mol. The summed E-state index contributed by atoms with van der Waals surface area (Å²) < 4.78 is 26.4. The monoisotopic (exact) mass is 344 g/mol. The summed E-state index contributed by atoms with van der Waals surface area (Å²) in [6.07, 6.45) is 3.72. The number of Topliss-reactive ketones (excluding diaryl/α,β-unsaturated/α-hetero) is 1. The third-order valence-electron chi connectivity index (χ3n) is 3.54. The fraction of sp³-hybridized carbons (Fsp3) is 0.429. The maximum absolute atomic E-state index is 12.2. The van der Waals surface area contributed by atoms with Gasteiger partial charge in [0, 0.05) is 11.6 Å². The normalized spacial score (nSPS) is 15.5. The number of urea groups is 1. The van der Waals surface area contributed by atoms with E-state index in [0.29, 0.717) is 0 Å². The van der Waals surface area contributed by atoms with Crippen molar-refractivity contribution >= 4 is 33.4 Å². The summed E-state index contributed by atoms with van der Waals surface area (Å²) in [5.41, 5.74) is 0.209. The van der Waals surface area contributed by atoms with Gasteiger partial charge in [-0.2, -0.15) is 0 Å². The number of hydrogen-bond acceptors (Lipinski definition) is 4. The zero-order valence-corrected chi connectivity index (χ0v) is 13.6. The van der Waals surface area contributed by atoms with Crippen molar-refractivity contribution in [2.45, 2.75) is 43.5 Å². The topological polar surface area (TPSA) is 92.3 Å². The van der Waals surface area contributed by atoms with Gasteiger partial charge >= 0.3 is 6.03 Å². The molecule has 0 atom stereocenters. The first-order chi connectivity index (χ1) is 10.3. The lowest BCUT2D eigenvalue weighted by Gasteiger charge is -2.14. The highest BCUT2D eigenvalue weighted by Crippen LogP contribution is 2.23. The number of ketones is 1. The van der Waals surface area contributed by atoms with E-state index in [0.717, 1.165) is 31.7 Å². The summed E-state index contributed by atoms with van der Waals surface area (Å²) in [5.74, 6) is -0.288. The molecule has 120 valence electrons. The molecule has 0 aromatic heterocycles. The molecule has 0 aliphatic heterocycles. The van der Waals surface area contributed by atoms with Gasteiger partial charge in [-0.25, -0.2) is 17.9 Å². The summed E-state index contributed by atoms with van der Waals surface area (Å²) in [7, 11) is -4.13. The number of halogens is 1. The minimum atomic E-state index is -4.13. The molecule has 0 unspecified atom stereocenters. The fourth-order valence-corrected chi connectivity index (χ4v) is 3.83. The first kappa shape index (κ1) is 16.8. The Morgan fingerprint density at radius 2 is 1.86 bits per heavy atom. The smallest absolute Gasteiger partial charge is 0.328 e. The number of benzene rings is 1. The number of carbonyl (C=O) groups is 2. The molecule has 8 heteroatoms. The van der Waals surface area contributed by atoms with E-state index < -0.39 is 16.1 Å². The van der Waals surface area contributed by atoms with Crippen LogP contribution >= 0.6 is 11.6 Å². The van der Waals surface area contributed by atoms with Crippen LogP contribution in [0.15, 0.2) is 23.1 Å². The van der Waals surface area contributed by atoms with Gasteiger partial charge in [0.15, 0.2) is 5.78 Å². The van der Waals surface area contributed by atoms with Gasteiger partial charge < -0.3 is 5.32 Å². The van der Waals surface area contributed by atoms with Crippen molar-refractivity contribution in [1.82, 2.24) is 10.0 Å². The van der Waals surface area contributed by atoms with E-state index in [1.54, 1.807) is 0 Å². The summed E-state index contributed by atoms with van der Waals surface area (Å²) in [6, 6.07) is 3.13. The second-order valence-electron chi connectivity index (χ2n) is 5.26. The zero-order valence-electron chi connectivity index (χ0n) is 12.1. The SMILES string of the molecule is CC(=O)c1ccc(Cl)c(S(=O)(=O)NC(=O)NC2CCCC2)c1. The van der Waals surface area contributed by atoms with E-state index in [-0.39, 0.29) is 27.3 Å². The minimum absolute atomic E-state index is 0.00535. The van der Waals surface area contributed by atoms with Gasteiger partial charge in [0.2, 0.25) is 0 Å². The van der Waals surface area contributed by atoms with E-state index in [4.69, 9.17) is 11.6 Å². The van der Waals surface area contributed by atoms with E-state index in [9.17, 15) is 18.0 Å². The summed E-state index contributed by atoms with van der Waals surface area (Å²) in [5, 5.41) is 2.57. The molecule has 0 saturated heterocycles. The maximum atomic E-state index is 12.2. The Labute approximate surface area is 134 Å². The van der Waals surface area contributed by atoms with Gasteiger partial charge in [-0.1, -0.05) is 24.4 Å². The quantitative estimate of drug-likeness (QED) is 0.821. The molecule has 1 aromatic carbocycles. The molecule has 0 spiro atoms. The average Bonchev–Trinajstić information content (AvgIpc) is 2.90. The van der Waals surface area contributed by atoms with Crippen molar-refractivity contribution in [3.63, 3.8) is 0 Å². The average molecular weight is 345 g/mol. The van der Waals surface area contributed by atoms with Gasteiger partial charge in [0.25, 0.3) is 10.0 Å². The highest BCUT2D eigenvalue weighted by molar-refractivity contribution is 7.90. The predicted molar refractivity (Wildman–Crippen MR) is 82.6 cm³/mol. The molecule has 0 radical (unpaired) electrons. The van der Waals surface area contributed by atoms with Crippen LogP contribution < -0.4 is 10.0 Å². The second-order valence-corrected chi connectivity index (χ2v) is 7.32. The van der Waals surface area contributed by atoms with Crippen LogP contribution in [0.2, 0.25) is 5.02 Å². The van der Waals surface area contributed by atoms with Crippen molar-refractivity contribution in [3.8, 4) is 0 Å². The number of amides is 2. The van der Waals surface area contributed by atoms with Crippen molar-refractivity contribution in [1.29, 1.82) is 0 Å². The van der Waals surface area contributed by atoms with Crippen molar-refractivity contribution in [2.75, 3.05) is 0 Å². The van der Waals surface area contributed by atoms with Crippen LogP contribution in [-0.2, 0) is 10.0 Å². The summed E-state index contributed by atoms with van der Waals surface area (Å²) >= 11 is 5.88. The number of nitrogens with one attached hydrogen (secondary N) is 2. The number of sulfonamides is 1. The molecule has 0 bridgehead atoms. The highest BCUT2D eigenvalue weighted by Gasteiger charge is 2.24. The molecule has 2 N–H and O–H groups in total. The van der Waals surface area contributed by atoms with Crippen molar-refractivity contribution < 1.29 is 18.0 Å². The predicted octanol–water partition coefficient (Wildman–Crippen LogP) is 2.47. The van der Waals surface area contributed by atoms with Gasteiger partial charge in [0.05, 0.1) is 5.02 Å². The third-order valence-corrected chi connectivity index (χ3v) is 5.36. The van der Waals surface area contributed by atoms with E-state index in [2.05, 4.69) is 5.32 Å².